The molecule has 0 saturated heterocycles. The van der Waals surface area contributed by atoms with E-state index in [0.717, 1.165) is 17.7 Å². The summed E-state index contributed by atoms with van der Waals surface area (Å²) in [5, 5.41) is 2.92. The van der Waals surface area contributed by atoms with E-state index in [-0.39, 0.29) is 6.03 Å². The molecule has 4 heteroatoms. The van der Waals surface area contributed by atoms with Crippen molar-refractivity contribution in [3.8, 4) is 0 Å². The first-order valence-corrected chi connectivity index (χ1v) is 6.80. The summed E-state index contributed by atoms with van der Waals surface area (Å²) >= 11 is 0. The second kappa shape index (κ2) is 7.28. The molecular weight excluding hydrogens is 250 g/mol. The molecule has 0 fully saturated rings. The van der Waals surface area contributed by atoms with Crippen LogP contribution >= 0.6 is 0 Å². The summed E-state index contributed by atoms with van der Waals surface area (Å²) in [6.45, 7) is 3.22. The van der Waals surface area contributed by atoms with Crippen molar-refractivity contribution in [2.75, 3.05) is 11.4 Å². The molecule has 1 aromatic heterocycles. The van der Waals surface area contributed by atoms with E-state index in [1.54, 1.807) is 17.3 Å². The highest BCUT2D eigenvalue weighted by Crippen LogP contribution is 2.16. The van der Waals surface area contributed by atoms with Gasteiger partial charge in [-0.05, 0) is 30.2 Å². The number of carbonyl (C=O) groups is 1. The topological polar surface area (TPSA) is 45.2 Å². The summed E-state index contributed by atoms with van der Waals surface area (Å²) in [5.41, 5.74) is 1.88. The monoisotopic (exact) mass is 269 g/mol. The van der Waals surface area contributed by atoms with E-state index in [9.17, 15) is 4.79 Å². The summed E-state index contributed by atoms with van der Waals surface area (Å²) in [5.74, 6) is 0. The third-order valence-corrected chi connectivity index (χ3v) is 2.90. The molecule has 0 bridgehead atoms. The number of nitrogens with zero attached hydrogens (tertiary/aromatic N) is 2. The quantitative estimate of drug-likeness (QED) is 0.906. The number of aromatic nitrogens is 1. The molecule has 4 nitrogen and oxygen atoms in total. The molecule has 0 radical (unpaired) electrons. The average molecular weight is 269 g/mol. The van der Waals surface area contributed by atoms with Crippen LogP contribution in [0.3, 0.4) is 0 Å². The Kier molecular flexibility index (Phi) is 5.12. The number of amides is 2. The summed E-state index contributed by atoms with van der Waals surface area (Å²) in [4.78, 5) is 18.1. The van der Waals surface area contributed by atoms with Crippen molar-refractivity contribution < 1.29 is 4.79 Å². The Hall–Kier alpha value is -2.36. The SMILES string of the molecule is CCCNC(=O)N(Cc1cccnc1)c1ccccc1. The van der Waals surface area contributed by atoms with Gasteiger partial charge in [0.05, 0.1) is 6.54 Å². The maximum Gasteiger partial charge on any atom is 0.322 e. The van der Waals surface area contributed by atoms with Gasteiger partial charge in [0, 0.05) is 24.6 Å². The Labute approximate surface area is 119 Å². The van der Waals surface area contributed by atoms with Crippen LogP contribution in [-0.4, -0.2) is 17.6 Å². The van der Waals surface area contributed by atoms with E-state index in [1.807, 2.05) is 49.4 Å². The maximum absolute atomic E-state index is 12.3. The minimum absolute atomic E-state index is 0.0816. The van der Waals surface area contributed by atoms with Gasteiger partial charge in [0.15, 0.2) is 0 Å². The summed E-state index contributed by atoms with van der Waals surface area (Å²) < 4.78 is 0. The second-order valence-electron chi connectivity index (χ2n) is 4.51. The van der Waals surface area contributed by atoms with Crippen LogP contribution in [0, 0.1) is 0 Å². The van der Waals surface area contributed by atoms with Crippen LogP contribution in [0.15, 0.2) is 54.9 Å². The first-order chi connectivity index (χ1) is 9.81. The van der Waals surface area contributed by atoms with Crippen molar-refractivity contribution in [1.82, 2.24) is 10.3 Å². The summed E-state index contributed by atoms with van der Waals surface area (Å²) in [6, 6.07) is 13.4. The molecule has 0 aliphatic heterocycles. The molecule has 0 saturated carbocycles. The van der Waals surface area contributed by atoms with Crippen molar-refractivity contribution in [3.63, 3.8) is 0 Å². The van der Waals surface area contributed by atoms with Gasteiger partial charge >= 0.3 is 6.03 Å². The molecule has 0 aliphatic carbocycles. The highest BCUT2D eigenvalue weighted by molar-refractivity contribution is 5.91. The Morgan fingerprint density at radius 3 is 2.65 bits per heavy atom. The summed E-state index contributed by atoms with van der Waals surface area (Å²) in [7, 11) is 0. The van der Waals surface area contributed by atoms with Gasteiger partial charge in [-0.3, -0.25) is 9.88 Å². The number of benzene rings is 1. The zero-order chi connectivity index (χ0) is 14.2. The van der Waals surface area contributed by atoms with Crippen LogP contribution in [-0.2, 0) is 6.54 Å². The van der Waals surface area contributed by atoms with Crippen LogP contribution in [0.5, 0.6) is 0 Å². The average Bonchev–Trinajstić information content (AvgIpc) is 2.52. The molecule has 0 aliphatic rings. The van der Waals surface area contributed by atoms with Crippen molar-refractivity contribution in [2.45, 2.75) is 19.9 Å². The highest BCUT2D eigenvalue weighted by atomic mass is 16.2. The van der Waals surface area contributed by atoms with E-state index in [4.69, 9.17) is 0 Å². The molecule has 2 aromatic rings. The van der Waals surface area contributed by atoms with Crippen LogP contribution < -0.4 is 10.2 Å². The van der Waals surface area contributed by atoms with Gasteiger partial charge in [-0.25, -0.2) is 4.79 Å². The first-order valence-electron chi connectivity index (χ1n) is 6.80. The van der Waals surface area contributed by atoms with Gasteiger partial charge < -0.3 is 5.32 Å². The molecule has 0 atom stereocenters. The lowest BCUT2D eigenvalue weighted by molar-refractivity contribution is 0.246. The number of rotatable bonds is 5. The predicted octanol–water partition coefficient (Wildman–Crippen LogP) is 3.21. The largest absolute Gasteiger partial charge is 0.338 e. The summed E-state index contributed by atoms with van der Waals surface area (Å²) in [6.07, 6.45) is 4.43. The van der Waals surface area contributed by atoms with Crippen LogP contribution in [0.2, 0.25) is 0 Å². The molecule has 1 heterocycles. The fourth-order valence-corrected chi connectivity index (χ4v) is 1.89. The smallest absolute Gasteiger partial charge is 0.322 e. The van der Waals surface area contributed by atoms with Crippen LogP contribution in [0.25, 0.3) is 0 Å². The minimum Gasteiger partial charge on any atom is -0.338 e. The molecule has 2 rings (SSSR count). The van der Waals surface area contributed by atoms with Gasteiger partial charge in [-0.2, -0.15) is 0 Å². The van der Waals surface area contributed by atoms with E-state index in [1.165, 1.54) is 0 Å². The van der Waals surface area contributed by atoms with Crippen molar-refractivity contribution in [1.29, 1.82) is 0 Å². The van der Waals surface area contributed by atoms with Crippen LogP contribution in [0.4, 0.5) is 10.5 Å². The normalized spacial score (nSPS) is 10.1. The Morgan fingerprint density at radius 1 is 1.20 bits per heavy atom. The number of urea groups is 1. The molecule has 104 valence electrons. The lowest BCUT2D eigenvalue weighted by Gasteiger charge is -2.23. The lowest BCUT2D eigenvalue weighted by Crippen LogP contribution is -2.40. The van der Waals surface area contributed by atoms with Gasteiger partial charge in [-0.15, -0.1) is 0 Å². The number of carbonyl (C=O) groups excluding carboxylic acids is 1. The predicted molar refractivity (Wildman–Crippen MR) is 80.6 cm³/mol. The van der Waals surface area contributed by atoms with E-state index < -0.39 is 0 Å². The Morgan fingerprint density at radius 2 is 2.00 bits per heavy atom. The second-order valence-corrected chi connectivity index (χ2v) is 4.51. The number of para-hydroxylation sites is 1. The fraction of sp³-hybridized carbons (Fsp3) is 0.250. The number of pyridine rings is 1. The molecular formula is C16H19N3O. The third-order valence-electron chi connectivity index (χ3n) is 2.90. The number of hydrogen-bond donors (Lipinski definition) is 1. The molecule has 2 amide bonds. The molecule has 0 spiro atoms. The van der Waals surface area contributed by atoms with Gasteiger partial charge in [0.25, 0.3) is 0 Å². The number of anilines is 1. The zero-order valence-electron chi connectivity index (χ0n) is 11.6. The zero-order valence-corrected chi connectivity index (χ0v) is 11.6. The van der Waals surface area contributed by atoms with Crippen molar-refractivity contribution in [3.05, 3.63) is 60.4 Å². The lowest BCUT2D eigenvalue weighted by atomic mass is 10.2. The van der Waals surface area contributed by atoms with Gasteiger partial charge in [-0.1, -0.05) is 31.2 Å². The molecule has 20 heavy (non-hydrogen) atoms. The molecule has 1 N–H and O–H groups in total. The molecule has 0 unspecified atom stereocenters. The number of hydrogen-bond acceptors (Lipinski definition) is 2. The number of nitrogens with one attached hydrogen (secondary N) is 1. The van der Waals surface area contributed by atoms with Crippen molar-refractivity contribution in [2.24, 2.45) is 0 Å². The third kappa shape index (κ3) is 3.82. The fourth-order valence-electron chi connectivity index (χ4n) is 1.89. The van der Waals surface area contributed by atoms with E-state index in [2.05, 4.69) is 10.3 Å². The van der Waals surface area contributed by atoms with Crippen LogP contribution in [0.1, 0.15) is 18.9 Å². The highest BCUT2D eigenvalue weighted by Gasteiger charge is 2.15. The van der Waals surface area contributed by atoms with E-state index >= 15 is 0 Å². The first kappa shape index (κ1) is 14.1. The van der Waals surface area contributed by atoms with Gasteiger partial charge in [0.1, 0.15) is 0 Å². The van der Waals surface area contributed by atoms with Gasteiger partial charge in [0.2, 0.25) is 0 Å². The van der Waals surface area contributed by atoms with Crippen molar-refractivity contribution >= 4 is 11.7 Å². The van der Waals surface area contributed by atoms with E-state index in [0.29, 0.717) is 13.1 Å². The minimum atomic E-state index is -0.0816. The molecule has 1 aromatic carbocycles. The maximum atomic E-state index is 12.3. The Bertz CT molecular complexity index is 528. The Balaban J connectivity index is 2.18. The standard InChI is InChI=1S/C16H19N3O/c1-2-10-18-16(20)19(15-8-4-3-5-9-15)13-14-7-6-11-17-12-14/h3-9,11-12H,2,10,13H2,1H3,(H,18,20).